The molecular weight excluding hydrogens is 394 g/mol. The number of carbonyl (C=O) groups excluding carboxylic acids is 1. The molecule has 28 heavy (non-hydrogen) atoms. The molecule has 2 heterocycles. The monoisotopic (exact) mass is 421 g/mol. The number of nitrogens with zero attached hydrogens (tertiary/aromatic N) is 2. The van der Waals surface area contributed by atoms with Crippen molar-refractivity contribution in [2.45, 2.75) is 23.1 Å². The fourth-order valence-electron chi connectivity index (χ4n) is 3.49. The summed E-state index contributed by atoms with van der Waals surface area (Å²) in [5.41, 5.74) is 1.04. The molecule has 3 rings (SSSR count). The van der Waals surface area contributed by atoms with Crippen molar-refractivity contribution >= 4 is 27.3 Å². The Morgan fingerprint density at radius 3 is 2.64 bits per heavy atom. The van der Waals surface area contributed by atoms with Gasteiger partial charge in [-0.1, -0.05) is 36.4 Å². The molecule has 1 aliphatic heterocycles. The molecule has 1 saturated heterocycles. The quantitative estimate of drug-likeness (QED) is 0.746. The van der Waals surface area contributed by atoms with Gasteiger partial charge in [0.05, 0.1) is 12.0 Å². The van der Waals surface area contributed by atoms with E-state index in [9.17, 15) is 13.2 Å². The second kappa shape index (κ2) is 9.17. The first-order valence-corrected chi connectivity index (χ1v) is 11.7. The van der Waals surface area contributed by atoms with Crippen LogP contribution in [0.1, 0.15) is 24.4 Å². The molecule has 6 nitrogen and oxygen atoms in total. The van der Waals surface area contributed by atoms with Crippen LogP contribution in [0.25, 0.3) is 0 Å². The molecule has 0 spiro atoms. The van der Waals surface area contributed by atoms with E-state index in [4.69, 9.17) is 0 Å². The normalized spacial score (nSPS) is 19.5. The van der Waals surface area contributed by atoms with Crippen molar-refractivity contribution in [3.05, 3.63) is 53.4 Å². The van der Waals surface area contributed by atoms with Gasteiger partial charge in [-0.25, -0.2) is 8.42 Å². The minimum atomic E-state index is -3.52. The molecular formula is C20H27N3O3S2. The van der Waals surface area contributed by atoms with Gasteiger partial charge >= 0.3 is 0 Å². The van der Waals surface area contributed by atoms with Crippen LogP contribution in [-0.2, 0) is 14.8 Å². The summed E-state index contributed by atoms with van der Waals surface area (Å²) < 4.78 is 27.4. The fraction of sp³-hybridized carbons (Fsp3) is 0.450. The van der Waals surface area contributed by atoms with Crippen LogP contribution in [0, 0.1) is 5.92 Å². The number of benzene rings is 1. The number of rotatable bonds is 7. The van der Waals surface area contributed by atoms with E-state index in [1.54, 1.807) is 17.5 Å². The molecule has 0 bridgehead atoms. The van der Waals surface area contributed by atoms with Crippen LogP contribution in [-0.4, -0.2) is 57.3 Å². The maximum Gasteiger partial charge on any atom is 0.252 e. The number of nitrogens with one attached hydrogen (secondary N) is 1. The summed E-state index contributed by atoms with van der Waals surface area (Å²) in [6.07, 6.45) is 1.39. The highest BCUT2D eigenvalue weighted by Gasteiger charge is 2.34. The van der Waals surface area contributed by atoms with E-state index in [1.807, 2.05) is 49.3 Å². The second-order valence-electron chi connectivity index (χ2n) is 7.37. The van der Waals surface area contributed by atoms with Crippen LogP contribution >= 0.6 is 11.3 Å². The summed E-state index contributed by atoms with van der Waals surface area (Å²) in [4.78, 5) is 15.0. The van der Waals surface area contributed by atoms with Crippen molar-refractivity contribution in [2.75, 3.05) is 33.7 Å². The molecule has 0 radical (unpaired) electrons. The molecule has 0 unspecified atom stereocenters. The largest absolute Gasteiger partial charge is 0.348 e. The Labute approximate surface area is 171 Å². The van der Waals surface area contributed by atoms with Gasteiger partial charge in [0.1, 0.15) is 4.21 Å². The van der Waals surface area contributed by atoms with Gasteiger partial charge in [-0.05, 0) is 43.9 Å². The fourth-order valence-corrected chi connectivity index (χ4v) is 6.16. The average Bonchev–Trinajstić information content (AvgIpc) is 3.23. The third kappa shape index (κ3) is 5.00. The van der Waals surface area contributed by atoms with E-state index in [0.717, 1.165) is 5.56 Å². The van der Waals surface area contributed by atoms with E-state index < -0.39 is 10.0 Å². The van der Waals surface area contributed by atoms with Gasteiger partial charge in [0.25, 0.3) is 10.0 Å². The van der Waals surface area contributed by atoms with E-state index in [0.29, 0.717) is 30.1 Å². The number of hydrogen-bond acceptors (Lipinski definition) is 5. The molecule has 8 heteroatoms. The lowest BCUT2D eigenvalue weighted by atomic mass is 9.97. The highest BCUT2D eigenvalue weighted by molar-refractivity contribution is 7.91. The third-order valence-corrected chi connectivity index (χ3v) is 8.15. The number of sulfonamides is 1. The minimum Gasteiger partial charge on any atom is -0.348 e. The van der Waals surface area contributed by atoms with Gasteiger partial charge in [0, 0.05) is 19.6 Å². The van der Waals surface area contributed by atoms with Crippen molar-refractivity contribution < 1.29 is 13.2 Å². The molecule has 1 aromatic carbocycles. The van der Waals surface area contributed by atoms with Gasteiger partial charge < -0.3 is 10.2 Å². The summed E-state index contributed by atoms with van der Waals surface area (Å²) in [6.45, 7) is 1.37. The van der Waals surface area contributed by atoms with Crippen LogP contribution in [0.5, 0.6) is 0 Å². The zero-order valence-corrected chi connectivity index (χ0v) is 17.9. The van der Waals surface area contributed by atoms with Gasteiger partial charge in [0.15, 0.2) is 0 Å². The number of carbonyl (C=O) groups is 1. The molecule has 1 aliphatic rings. The lowest BCUT2D eigenvalue weighted by Crippen LogP contribution is -2.46. The van der Waals surface area contributed by atoms with Crippen LogP contribution in [0.3, 0.4) is 0 Å². The van der Waals surface area contributed by atoms with Crippen molar-refractivity contribution in [3.63, 3.8) is 0 Å². The summed E-state index contributed by atoms with van der Waals surface area (Å²) >= 11 is 1.21. The zero-order chi connectivity index (χ0) is 20.1. The summed E-state index contributed by atoms with van der Waals surface area (Å²) in [7, 11) is 0.419. The Kier molecular flexibility index (Phi) is 6.87. The van der Waals surface area contributed by atoms with Crippen molar-refractivity contribution in [3.8, 4) is 0 Å². The number of thiophene rings is 1. The maximum absolute atomic E-state index is 13.0. The summed E-state index contributed by atoms with van der Waals surface area (Å²) in [6, 6.07) is 13.1. The number of hydrogen-bond donors (Lipinski definition) is 1. The molecule has 1 amide bonds. The lowest BCUT2D eigenvalue weighted by molar-refractivity contribution is -0.127. The van der Waals surface area contributed by atoms with Crippen molar-refractivity contribution in [1.29, 1.82) is 0 Å². The van der Waals surface area contributed by atoms with Crippen molar-refractivity contribution in [2.24, 2.45) is 5.92 Å². The van der Waals surface area contributed by atoms with E-state index in [-0.39, 0.29) is 24.4 Å². The van der Waals surface area contributed by atoms with Gasteiger partial charge in [-0.2, -0.15) is 4.31 Å². The molecule has 0 aliphatic carbocycles. The summed E-state index contributed by atoms with van der Waals surface area (Å²) in [5.74, 6) is -0.418. The molecule has 2 atom stereocenters. The Balaban J connectivity index is 1.70. The Bertz CT molecular complexity index is 867. The van der Waals surface area contributed by atoms with Gasteiger partial charge in [-0.3, -0.25) is 4.79 Å². The van der Waals surface area contributed by atoms with E-state index in [2.05, 4.69) is 5.32 Å². The van der Waals surface area contributed by atoms with E-state index in [1.165, 1.54) is 15.6 Å². The standard InChI is InChI=1S/C20H27N3O3S2/c1-22(2)15-18(16-8-4-3-5-9-16)21-20(24)17-10-6-12-23(14-17)28(25,26)19-11-7-13-27-19/h3-5,7-9,11,13,17-18H,6,10,12,14-15H2,1-2H3,(H,21,24)/t17-,18-/m1/s1. The first kappa shape index (κ1) is 21.0. The smallest absolute Gasteiger partial charge is 0.252 e. The molecule has 1 N–H and O–H groups in total. The molecule has 1 aromatic heterocycles. The lowest BCUT2D eigenvalue weighted by Gasteiger charge is -2.32. The Morgan fingerprint density at radius 2 is 2.00 bits per heavy atom. The van der Waals surface area contributed by atoms with Gasteiger partial charge in [-0.15, -0.1) is 11.3 Å². The SMILES string of the molecule is CN(C)C[C@@H](NC(=O)[C@@H]1CCCN(S(=O)(=O)c2cccs2)C1)c1ccccc1. The maximum atomic E-state index is 13.0. The zero-order valence-electron chi connectivity index (χ0n) is 16.2. The van der Waals surface area contributed by atoms with Crippen LogP contribution in [0.15, 0.2) is 52.1 Å². The highest BCUT2D eigenvalue weighted by Crippen LogP contribution is 2.27. The predicted molar refractivity (Wildman–Crippen MR) is 112 cm³/mol. The molecule has 2 aromatic rings. The first-order chi connectivity index (χ1) is 13.4. The second-order valence-corrected chi connectivity index (χ2v) is 10.5. The number of likely N-dealkylation sites (N-methyl/N-ethyl adjacent to an activating group) is 1. The Hall–Kier alpha value is -1.74. The van der Waals surface area contributed by atoms with Crippen molar-refractivity contribution in [1.82, 2.24) is 14.5 Å². The molecule has 152 valence electrons. The predicted octanol–water partition coefficient (Wildman–Crippen LogP) is 2.57. The molecule has 1 fully saturated rings. The topological polar surface area (TPSA) is 69.7 Å². The number of piperidine rings is 1. The van der Waals surface area contributed by atoms with Crippen LogP contribution < -0.4 is 5.32 Å². The number of amides is 1. The summed E-state index contributed by atoms with van der Waals surface area (Å²) in [5, 5.41) is 4.90. The van der Waals surface area contributed by atoms with Crippen LogP contribution in [0.2, 0.25) is 0 Å². The Morgan fingerprint density at radius 1 is 1.25 bits per heavy atom. The first-order valence-electron chi connectivity index (χ1n) is 9.41. The highest BCUT2D eigenvalue weighted by atomic mass is 32.2. The average molecular weight is 422 g/mol. The van der Waals surface area contributed by atoms with Crippen LogP contribution in [0.4, 0.5) is 0 Å². The minimum absolute atomic E-state index is 0.0817. The van der Waals surface area contributed by atoms with E-state index >= 15 is 0 Å². The van der Waals surface area contributed by atoms with Gasteiger partial charge in [0.2, 0.25) is 5.91 Å². The third-order valence-electron chi connectivity index (χ3n) is 4.91. The molecule has 0 saturated carbocycles.